The minimum absolute atomic E-state index is 0.0411. The largest absolute Gasteiger partial charge is 0.462 e. The molecule has 0 atom stereocenters. The van der Waals surface area contributed by atoms with Crippen LogP contribution in [-0.2, 0) is 24.9 Å². The Balaban J connectivity index is 0.00000176. The first-order valence-corrected chi connectivity index (χ1v) is 10.7. The first-order chi connectivity index (χ1) is 15.3. The maximum absolute atomic E-state index is 12.6. The van der Waals surface area contributed by atoms with Gasteiger partial charge in [0, 0.05) is 6.07 Å². The van der Waals surface area contributed by atoms with Crippen molar-refractivity contribution in [3.8, 4) is 0 Å². The summed E-state index contributed by atoms with van der Waals surface area (Å²) < 4.78 is 9.03. The Morgan fingerprint density at radius 3 is 2.50 bits per heavy atom. The Labute approximate surface area is 191 Å². The Hall–Kier alpha value is -3.40. The molecule has 32 heavy (non-hydrogen) atoms. The third-order valence-corrected chi connectivity index (χ3v) is 4.96. The van der Waals surface area contributed by atoms with Gasteiger partial charge in [-0.3, -0.25) is 4.79 Å². The van der Waals surface area contributed by atoms with Gasteiger partial charge in [0.05, 0.1) is 25.8 Å². The average molecular weight is 463 g/mol. The van der Waals surface area contributed by atoms with Crippen LogP contribution in [0.25, 0.3) is 11.0 Å². The Morgan fingerprint density at radius 1 is 1.19 bits per heavy atom. The van der Waals surface area contributed by atoms with Crippen molar-refractivity contribution in [1.29, 1.82) is 0 Å². The molecule has 3 aromatic rings. The van der Waals surface area contributed by atoms with E-state index >= 15 is 0 Å². The molecule has 0 saturated carbocycles. The third-order valence-electron chi connectivity index (χ3n) is 4.68. The molecule has 0 aliphatic carbocycles. The van der Waals surface area contributed by atoms with Crippen LogP contribution in [0.1, 0.15) is 54.4 Å². The molecule has 0 saturated heterocycles. The summed E-state index contributed by atoms with van der Waals surface area (Å²) >= 11 is 5.86. The second-order valence-corrected chi connectivity index (χ2v) is 6.82. The van der Waals surface area contributed by atoms with Crippen LogP contribution in [0.4, 0.5) is 11.6 Å². The number of fused-ring (bicyclic) bond motifs is 1. The molecular weight excluding hydrogens is 434 g/mol. The number of nitrogens with one attached hydrogen (secondary N) is 1. The van der Waals surface area contributed by atoms with Crippen LogP contribution in [0, 0.1) is 0 Å². The number of nitrogens with zero attached hydrogens (tertiary/aromatic N) is 4. The quantitative estimate of drug-likeness (QED) is 0.376. The van der Waals surface area contributed by atoms with Crippen molar-refractivity contribution in [2.75, 3.05) is 18.1 Å². The number of ether oxygens (including phenoxy) is 1. The highest BCUT2D eigenvalue weighted by Gasteiger charge is 2.25. The fraction of sp³-hybridized carbons (Fsp3) is 0.381. The van der Waals surface area contributed by atoms with Gasteiger partial charge in [-0.05, 0) is 26.0 Å². The number of anilines is 2. The smallest absolute Gasteiger partial charge is 0.338 e. The maximum Gasteiger partial charge on any atom is 0.338 e. The summed E-state index contributed by atoms with van der Waals surface area (Å²) in [6.45, 7) is 8.91. The zero-order chi connectivity index (χ0) is 24.0. The first kappa shape index (κ1) is 24.9. The van der Waals surface area contributed by atoms with E-state index in [0.717, 1.165) is 16.9 Å². The molecule has 0 aliphatic heterocycles. The minimum atomic E-state index is -0.526. The molecule has 11 heteroatoms. The van der Waals surface area contributed by atoms with E-state index in [1.54, 1.807) is 19.1 Å². The topological polar surface area (TPSA) is 142 Å². The van der Waals surface area contributed by atoms with Crippen LogP contribution in [0.5, 0.6) is 0 Å². The predicted octanol–water partition coefficient (Wildman–Crippen LogP) is 2.23. The van der Waals surface area contributed by atoms with Crippen molar-refractivity contribution in [2.24, 2.45) is 7.05 Å². The number of carbonyl (C=O) groups is 2. The van der Waals surface area contributed by atoms with Crippen molar-refractivity contribution in [1.82, 2.24) is 19.9 Å². The number of imidazole rings is 1. The van der Waals surface area contributed by atoms with Crippen molar-refractivity contribution in [2.45, 2.75) is 40.8 Å². The van der Waals surface area contributed by atoms with Crippen molar-refractivity contribution in [3.63, 3.8) is 0 Å². The molecule has 0 aliphatic rings. The molecule has 0 spiro atoms. The van der Waals surface area contributed by atoms with E-state index in [0.29, 0.717) is 18.7 Å². The van der Waals surface area contributed by atoms with E-state index in [1.165, 1.54) is 0 Å². The number of hydrogen-bond donors (Lipinski definition) is 3. The summed E-state index contributed by atoms with van der Waals surface area (Å²) in [5.74, 6) is -0.237. The number of nitrogens with two attached hydrogens (primary N) is 2. The number of carbonyl (C=O) groups excluding carboxylic acids is 2. The molecule has 0 bridgehead atoms. The molecule has 2 aromatic heterocycles. The van der Waals surface area contributed by atoms with Gasteiger partial charge < -0.3 is 21.5 Å². The molecule has 0 unspecified atom stereocenters. The van der Waals surface area contributed by atoms with Gasteiger partial charge in [-0.15, -0.1) is 0 Å². The lowest BCUT2D eigenvalue weighted by molar-refractivity contribution is -0.676. The number of amides is 1. The van der Waals surface area contributed by atoms with Crippen LogP contribution in [0.15, 0.2) is 18.2 Å². The van der Waals surface area contributed by atoms with Crippen molar-refractivity contribution in [3.05, 3.63) is 40.4 Å². The molecule has 172 valence electrons. The SMILES string of the molecule is CC.CCOC(=O)c1ccc2c(c1)n(C)c(CNC(=O)c1nc(Cl)c(N)nc1N)[n+]2CC. The minimum Gasteiger partial charge on any atom is -0.462 e. The Kier molecular flexibility index (Phi) is 8.36. The molecule has 1 amide bonds. The number of halogens is 1. The summed E-state index contributed by atoms with van der Waals surface area (Å²) in [4.78, 5) is 32.4. The Morgan fingerprint density at radius 2 is 1.88 bits per heavy atom. The van der Waals surface area contributed by atoms with Gasteiger partial charge in [-0.1, -0.05) is 25.4 Å². The lowest BCUT2D eigenvalue weighted by Crippen LogP contribution is -2.40. The second kappa shape index (κ2) is 10.8. The zero-order valence-corrected chi connectivity index (χ0v) is 19.7. The van der Waals surface area contributed by atoms with Gasteiger partial charge >= 0.3 is 5.97 Å². The normalized spacial score (nSPS) is 10.4. The molecule has 3 rings (SSSR count). The summed E-state index contributed by atoms with van der Waals surface area (Å²) in [5, 5.41) is 2.69. The fourth-order valence-corrected chi connectivity index (χ4v) is 3.37. The lowest BCUT2D eigenvalue weighted by atomic mass is 10.2. The molecule has 10 nitrogen and oxygen atoms in total. The van der Waals surface area contributed by atoms with Crippen LogP contribution in [0.2, 0.25) is 5.15 Å². The van der Waals surface area contributed by atoms with Gasteiger partial charge in [0.1, 0.15) is 6.54 Å². The fourth-order valence-electron chi connectivity index (χ4n) is 3.24. The highest BCUT2D eigenvalue weighted by Crippen LogP contribution is 2.19. The number of esters is 1. The van der Waals surface area contributed by atoms with Crippen LogP contribution in [-0.4, -0.2) is 33.0 Å². The van der Waals surface area contributed by atoms with Gasteiger partial charge in [0.15, 0.2) is 33.5 Å². The van der Waals surface area contributed by atoms with E-state index in [2.05, 4.69) is 15.3 Å². The molecule has 5 N–H and O–H groups in total. The summed E-state index contributed by atoms with van der Waals surface area (Å²) in [6.07, 6.45) is 0. The molecular formula is C21H29ClN7O3+. The first-order valence-electron chi connectivity index (χ1n) is 10.3. The molecule has 2 heterocycles. The van der Waals surface area contributed by atoms with Crippen LogP contribution >= 0.6 is 11.6 Å². The summed E-state index contributed by atoms with van der Waals surface area (Å²) in [6, 6.07) is 5.36. The molecule has 0 fully saturated rings. The predicted molar refractivity (Wildman–Crippen MR) is 123 cm³/mol. The van der Waals surface area contributed by atoms with Crippen molar-refractivity contribution < 1.29 is 18.9 Å². The lowest BCUT2D eigenvalue weighted by Gasteiger charge is -2.07. The number of aromatic nitrogens is 4. The van der Waals surface area contributed by atoms with Crippen LogP contribution < -0.4 is 21.4 Å². The number of rotatable bonds is 6. The summed E-state index contributed by atoms with van der Waals surface area (Å²) in [5.41, 5.74) is 13.4. The Bertz CT molecular complexity index is 1140. The number of nitrogen functional groups attached to an aromatic ring is 2. The summed E-state index contributed by atoms with van der Waals surface area (Å²) in [7, 11) is 1.86. The average Bonchev–Trinajstić information content (AvgIpc) is 3.06. The van der Waals surface area contributed by atoms with E-state index in [4.69, 9.17) is 27.8 Å². The highest BCUT2D eigenvalue weighted by atomic mass is 35.5. The highest BCUT2D eigenvalue weighted by molar-refractivity contribution is 6.31. The van der Waals surface area contributed by atoms with E-state index in [1.807, 2.05) is 43.0 Å². The number of hydrogen-bond acceptors (Lipinski definition) is 7. The van der Waals surface area contributed by atoms with Gasteiger partial charge in [-0.25, -0.2) is 23.9 Å². The number of benzene rings is 1. The van der Waals surface area contributed by atoms with E-state index < -0.39 is 5.91 Å². The van der Waals surface area contributed by atoms with E-state index in [9.17, 15) is 9.59 Å². The van der Waals surface area contributed by atoms with Gasteiger partial charge in [0.2, 0.25) is 0 Å². The second-order valence-electron chi connectivity index (χ2n) is 6.46. The van der Waals surface area contributed by atoms with Crippen molar-refractivity contribution >= 4 is 46.1 Å². The standard InChI is InChI=1S/C19H22ClN7O3.C2H6/c1-4-27-11-7-6-10(19(29)30-5-2)8-12(11)26(3)13(27)9-23-18(28)14-16(21)25-17(22)15(20)24-14;1-2/h6-8H,4-5,9H2,1-3H3,(H4-,21,22,23,25,28);1-2H3/p+1. The zero-order valence-electron chi connectivity index (χ0n) is 18.9. The van der Waals surface area contributed by atoms with Gasteiger partial charge in [0.25, 0.3) is 11.7 Å². The monoisotopic (exact) mass is 462 g/mol. The molecule has 1 aromatic carbocycles. The van der Waals surface area contributed by atoms with E-state index in [-0.39, 0.29) is 35.0 Å². The molecule has 0 radical (unpaired) electrons. The van der Waals surface area contributed by atoms with Gasteiger partial charge in [-0.2, -0.15) is 0 Å². The van der Waals surface area contributed by atoms with Crippen LogP contribution in [0.3, 0.4) is 0 Å². The maximum atomic E-state index is 12.6. The number of aryl methyl sites for hydroxylation is 2. The third kappa shape index (κ3) is 4.91.